The SMILES string of the molecule is COc1cc(C(=O)O)cc(Cl)c1OCC(=O)Nc1ccc(Cl)c(Cl)c1. The van der Waals surface area contributed by atoms with E-state index in [0.29, 0.717) is 15.7 Å². The molecule has 2 rings (SSSR count). The number of halogens is 3. The van der Waals surface area contributed by atoms with Crippen LogP contribution in [0.4, 0.5) is 5.69 Å². The van der Waals surface area contributed by atoms with Crippen LogP contribution in [0.15, 0.2) is 30.3 Å². The van der Waals surface area contributed by atoms with Gasteiger partial charge in [-0.05, 0) is 30.3 Å². The van der Waals surface area contributed by atoms with Crippen LogP contribution in [-0.4, -0.2) is 30.7 Å². The Balaban J connectivity index is 2.08. The summed E-state index contributed by atoms with van der Waals surface area (Å²) in [6.45, 7) is -0.372. The van der Waals surface area contributed by atoms with Crippen molar-refractivity contribution < 1.29 is 24.2 Å². The molecular formula is C16H12Cl3NO5. The predicted octanol–water partition coefficient (Wildman–Crippen LogP) is 4.37. The number of ether oxygens (including phenoxy) is 2. The number of amides is 1. The Morgan fingerprint density at radius 3 is 2.40 bits per heavy atom. The zero-order chi connectivity index (χ0) is 18.6. The van der Waals surface area contributed by atoms with Crippen LogP contribution in [0.5, 0.6) is 11.5 Å². The van der Waals surface area contributed by atoms with Crippen LogP contribution in [0.2, 0.25) is 15.1 Å². The van der Waals surface area contributed by atoms with Gasteiger partial charge in [-0.1, -0.05) is 34.8 Å². The zero-order valence-corrected chi connectivity index (χ0v) is 15.1. The third-order valence-electron chi connectivity index (χ3n) is 3.03. The topological polar surface area (TPSA) is 84.9 Å². The van der Waals surface area contributed by atoms with Crippen LogP contribution in [-0.2, 0) is 4.79 Å². The molecule has 0 aliphatic carbocycles. The van der Waals surface area contributed by atoms with E-state index < -0.39 is 11.9 Å². The maximum Gasteiger partial charge on any atom is 0.335 e. The molecule has 0 spiro atoms. The molecule has 0 aromatic heterocycles. The minimum atomic E-state index is -1.16. The number of benzene rings is 2. The molecule has 0 aliphatic heterocycles. The zero-order valence-electron chi connectivity index (χ0n) is 12.8. The normalized spacial score (nSPS) is 10.2. The number of carboxylic acid groups (broad SMARTS) is 1. The Kier molecular flexibility index (Phi) is 6.36. The van der Waals surface area contributed by atoms with Gasteiger partial charge in [-0.2, -0.15) is 0 Å². The Labute approximate surface area is 158 Å². The van der Waals surface area contributed by atoms with E-state index in [2.05, 4.69) is 5.32 Å². The van der Waals surface area contributed by atoms with E-state index in [0.717, 1.165) is 0 Å². The lowest BCUT2D eigenvalue weighted by molar-refractivity contribution is -0.118. The Hall–Kier alpha value is -2.15. The molecular weight excluding hydrogens is 393 g/mol. The lowest BCUT2D eigenvalue weighted by atomic mass is 10.2. The predicted molar refractivity (Wildman–Crippen MR) is 95.6 cm³/mol. The fourth-order valence-electron chi connectivity index (χ4n) is 1.89. The molecule has 0 saturated carbocycles. The molecule has 2 aromatic carbocycles. The van der Waals surface area contributed by atoms with Crippen molar-refractivity contribution in [1.29, 1.82) is 0 Å². The highest BCUT2D eigenvalue weighted by Crippen LogP contribution is 2.36. The van der Waals surface area contributed by atoms with Crippen LogP contribution >= 0.6 is 34.8 Å². The van der Waals surface area contributed by atoms with Gasteiger partial charge >= 0.3 is 5.97 Å². The molecule has 132 valence electrons. The average molecular weight is 405 g/mol. The number of methoxy groups -OCH3 is 1. The third-order valence-corrected chi connectivity index (χ3v) is 4.05. The van der Waals surface area contributed by atoms with Gasteiger partial charge in [0.25, 0.3) is 5.91 Å². The van der Waals surface area contributed by atoms with E-state index in [1.165, 1.54) is 25.3 Å². The lowest BCUT2D eigenvalue weighted by Gasteiger charge is -2.13. The standard InChI is InChI=1S/C16H12Cl3NO5/c1-24-13-5-8(16(22)23)4-12(19)15(13)25-7-14(21)20-9-2-3-10(17)11(18)6-9/h2-6H,7H2,1H3,(H,20,21)(H,22,23). The van der Waals surface area contributed by atoms with Gasteiger partial charge in [-0.15, -0.1) is 0 Å². The van der Waals surface area contributed by atoms with Gasteiger partial charge in [-0.25, -0.2) is 4.79 Å². The Bertz CT molecular complexity index is 826. The van der Waals surface area contributed by atoms with Crippen molar-refractivity contribution in [1.82, 2.24) is 0 Å². The molecule has 2 N–H and O–H groups in total. The second kappa shape index (κ2) is 8.29. The fourth-order valence-corrected chi connectivity index (χ4v) is 2.46. The average Bonchev–Trinajstić information content (AvgIpc) is 2.56. The number of aromatic carboxylic acids is 1. The third kappa shape index (κ3) is 4.92. The molecule has 25 heavy (non-hydrogen) atoms. The van der Waals surface area contributed by atoms with Gasteiger partial charge in [0, 0.05) is 5.69 Å². The minimum absolute atomic E-state index is 0.0130. The highest BCUT2D eigenvalue weighted by atomic mass is 35.5. The summed E-state index contributed by atoms with van der Waals surface area (Å²) in [5.41, 5.74) is 0.386. The molecule has 0 fully saturated rings. The molecule has 1 amide bonds. The first-order valence-electron chi connectivity index (χ1n) is 6.80. The molecule has 0 saturated heterocycles. The Morgan fingerprint density at radius 1 is 1.08 bits per heavy atom. The number of carbonyl (C=O) groups excluding carboxylic acids is 1. The van der Waals surface area contributed by atoms with Crippen molar-refractivity contribution in [3.63, 3.8) is 0 Å². The first kappa shape index (κ1) is 19.2. The monoisotopic (exact) mass is 403 g/mol. The summed E-state index contributed by atoms with van der Waals surface area (Å²) in [5, 5.41) is 12.3. The van der Waals surface area contributed by atoms with Crippen molar-refractivity contribution in [3.05, 3.63) is 51.0 Å². The van der Waals surface area contributed by atoms with Crippen LogP contribution in [0.25, 0.3) is 0 Å². The van der Waals surface area contributed by atoms with Gasteiger partial charge < -0.3 is 19.9 Å². The molecule has 0 aliphatic rings. The Morgan fingerprint density at radius 2 is 1.80 bits per heavy atom. The number of nitrogens with one attached hydrogen (secondary N) is 1. The van der Waals surface area contributed by atoms with Crippen molar-refractivity contribution in [2.75, 3.05) is 19.0 Å². The van der Waals surface area contributed by atoms with Gasteiger partial charge in [0.15, 0.2) is 18.1 Å². The quantitative estimate of drug-likeness (QED) is 0.747. The first-order chi connectivity index (χ1) is 11.8. The molecule has 0 heterocycles. The summed E-state index contributed by atoms with van der Waals surface area (Å²) in [4.78, 5) is 23.0. The molecule has 0 unspecified atom stereocenters. The number of anilines is 1. The molecule has 0 atom stereocenters. The largest absolute Gasteiger partial charge is 0.493 e. The molecule has 9 heteroatoms. The van der Waals surface area contributed by atoms with Crippen LogP contribution in [0.3, 0.4) is 0 Å². The van der Waals surface area contributed by atoms with Crippen LogP contribution < -0.4 is 14.8 Å². The van der Waals surface area contributed by atoms with Crippen LogP contribution in [0.1, 0.15) is 10.4 Å². The lowest BCUT2D eigenvalue weighted by Crippen LogP contribution is -2.20. The van der Waals surface area contributed by atoms with Crippen LogP contribution in [0, 0.1) is 0 Å². The molecule has 0 radical (unpaired) electrons. The number of carbonyl (C=O) groups is 2. The highest BCUT2D eigenvalue weighted by Gasteiger charge is 2.16. The maximum absolute atomic E-state index is 12.0. The summed E-state index contributed by atoms with van der Waals surface area (Å²) in [6, 6.07) is 7.09. The van der Waals surface area contributed by atoms with E-state index >= 15 is 0 Å². The summed E-state index contributed by atoms with van der Waals surface area (Å²) >= 11 is 17.7. The van der Waals surface area contributed by atoms with E-state index in [1.807, 2.05) is 0 Å². The van der Waals surface area contributed by atoms with Crippen molar-refractivity contribution >= 4 is 52.4 Å². The highest BCUT2D eigenvalue weighted by molar-refractivity contribution is 6.42. The van der Waals surface area contributed by atoms with Crippen molar-refractivity contribution in [2.24, 2.45) is 0 Å². The molecule has 6 nitrogen and oxygen atoms in total. The summed E-state index contributed by atoms with van der Waals surface area (Å²) in [7, 11) is 1.33. The first-order valence-corrected chi connectivity index (χ1v) is 7.93. The van der Waals surface area contributed by atoms with Gasteiger partial charge in [0.1, 0.15) is 0 Å². The van der Waals surface area contributed by atoms with Gasteiger partial charge in [0.2, 0.25) is 0 Å². The number of hydrogen-bond acceptors (Lipinski definition) is 4. The smallest absolute Gasteiger partial charge is 0.335 e. The van der Waals surface area contributed by atoms with Crippen molar-refractivity contribution in [2.45, 2.75) is 0 Å². The maximum atomic E-state index is 12.0. The molecule has 2 aromatic rings. The van der Waals surface area contributed by atoms with E-state index in [4.69, 9.17) is 49.4 Å². The second-order valence-corrected chi connectivity index (χ2v) is 5.98. The van der Waals surface area contributed by atoms with E-state index in [9.17, 15) is 9.59 Å². The number of rotatable bonds is 6. The summed E-state index contributed by atoms with van der Waals surface area (Å²) in [6.07, 6.45) is 0. The number of carboxylic acids is 1. The second-order valence-electron chi connectivity index (χ2n) is 4.76. The molecule has 0 bridgehead atoms. The van der Waals surface area contributed by atoms with E-state index in [1.54, 1.807) is 12.1 Å². The van der Waals surface area contributed by atoms with Crippen molar-refractivity contribution in [3.8, 4) is 11.5 Å². The van der Waals surface area contributed by atoms with Gasteiger partial charge in [-0.3, -0.25) is 4.79 Å². The van der Waals surface area contributed by atoms with Gasteiger partial charge in [0.05, 0.1) is 27.7 Å². The summed E-state index contributed by atoms with van der Waals surface area (Å²) < 4.78 is 10.4. The number of hydrogen-bond donors (Lipinski definition) is 2. The summed E-state index contributed by atoms with van der Waals surface area (Å²) in [5.74, 6) is -1.46. The van der Waals surface area contributed by atoms with E-state index in [-0.39, 0.29) is 28.7 Å². The minimum Gasteiger partial charge on any atom is -0.493 e. The fraction of sp³-hybridized carbons (Fsp3) is 0.125.